The Hall–Kier alpha value is -3.08. The quantitative estimate of drug-likeness (QED) is 0.197. The molecule has 31 heavy (non-hydrogen) atoms. The van der Waals surface area contributed by atoms with Gasteiger partial charge in [-0.1, -0.05) is 56.9 Å². The molecule has 0 saturated carbocycles. The number of unbranched alkanes of at least 4 members (excludes halogenated alkanes) is 4. The number of halogens is 3. The number of carbonyl (C=O) groups is 1. The molecule has 0 radical (unpaired) electrons. The molecule has 0 bridgehead atoms. The average Bonchev–Trinajstić information content (AvgIpc) is 2.76. The van der Waals surface area contributed by atoms with E-state index in [1.807, 2.05) is 12.1 Å². The first-order valence-electron chi connectivity index (χ1n) is 10.5. The van der Waals surface area contributed by atoms with Crippen LogP contribution >= 0.6 is 0 Å². The molecule has 5 heteroatoms. The van der Waals surface area contributed by atoms with E-state index in [0.717, 1.165) is 12.8 Å². The highest BCUT2D eigenvalue weighted by molar-refractivity contribution is 5.92. The molecule has 0 spiro atoms. The fourth-order valence-electron chi connectivity index (χ4n) is 3.49. The molecule has 0 saturated heterocycles. The van der Waals surface area contributed by atoms with Crippen molar-refractivity contribution < 1.29 is 22.7 Å². The molecule has 162 valence electrons. The van der Waals surface area contributed by atoms with Crippen LogP contribution in [0.4, 0.5) is 13.2 Å². The Morgan fingerprint density at radius 3 is 2.39 bits per heavy atom. The van der Waals surface area contributed by atoms with Crippen LogP contribution in [0.3, 0.4) is 0 Å². The van der Waals surface area contributed by atoms with Crippen LogP contribution in [0, 0.1) is 5.82 Å². The number of carbonyl (C=O) groups excluding carboxylic acids is 1. The zero-order valence-corrected chi connectivity index (χ0v) is 17.5. The summed E-state index contributed by atoms with van der Waals surface area (Å²) in [5, 5.41) is 0.635. The Balaban J connectivity index is 1.65. The molecule has 3 rings (SSSR count). The van der Waals surface area contributed by atoms with Gasteiger partial charge in [0.25, 0.3) is 6.08 Å². The number of fused-ring (bicyclic) bond motifs is 1. The fourth-order valence-corrected chi connectivity index (χ4v) is 3.49. The third-order valence-electron chi connectivity index (χ3n) is 5.19. The van der Waals surface area contributed by atoms with Gasteiger partial charge >= 0.3 is 5.97 Å². The molecule has 0 aliphatic heterocycles. The first-order valence-corrected chi connectivity index (χ1v) is 10.5. The van der Waals surface area contributed by atoms with E-state index >= 15 is 0 Å². The third-order valence-corrected chi connectivity index (χ3v) is 5.19. The minimum atomic E-state index is -1.97. The first-order chi connectivity index (χ1) is 15.0. The largest absolute Gasteiger partial charge is 0.423 e. The number of rotatable bonds is 9. The van der Waals surface area contributed by atoms with E-state index in [1.54, 1.807) is 12.1 Å². The minimum absolute atomic E-state index is 0.179. The van der Waals surface area contributed by atoms with Crippen molar-refractivity contribution in [2.75, 3.05) is 0 Å². The molecule has 3 aromatic carbocycles. The van der Waals surface area contributed by atoms with Gasteiger partial charge < -0.3 is 4.74 Å². The molecule has 0 N–H and O–H groups in total. The van der Waals surface area contributed by atoms with E-state index in [2.05, 4.69) is 6.92 Å². The summed E-state index contributed by atoms with van der Waals surface area (Å²) in [6.45, 7) is 2.19. The lowest BCUT2D eigenvalue weighted by Gasteiger charge is -2.08. The van der Waals surface area contributed by atoms with Crippen LogP contribution < -0.4 is 4.74 Å². The fraction of sp³-hybridized carbons (Fsp3) is 0.269. The summed E-state index contributed by atoms with van der Waals surface area (Å²) in [6.07, 6.45) is 5.58. The van der Waals surface area contributed by atoms with E-state index in [1.165, 1.54) is 61.6 Å². The highest BCUT2D eigenvalue weighted by atomic mass is 19.3. The van der Waals surface area contributed by atoms with Crippen molar-refractivity contribution in [1.82, 2.24) is 0 Å². The lowest BCUT2D eigenvalue weighted by molar-refractivity contribution is 0.0735. The topological polar surface area (TPSA) is 26.3 Å². The van der Waals surface area contributed by atoms with E-state index in [0.29, 0.717) is 17.0 Å². The van der Waals surface area contributed by atoms with Crippen molar-refractivity contribution in [2.45, 2.75) is 45.4 Å². The second kappa shape index (κ2) is 10.8. The number of aryl methyl sites for hydroxylation is 1. The number of benzene rings is 3. The molecule has 0 heterocycles. The third kappa shape index (κ3) is 6.20. The van der Waals surface area contributed by atoms with Gasteiger partial charge in [-0.2, -0.15) is 8.78 Å². The first kappa shape index (κ1) is 22.6. The van der Waals surface area contributed by atoms with Crippen LogP contribution in [0.25, 0.3) is 16.8 Å². The summed E-state index contributed by atoms with van der Waals surface area (Å²) >= 11 is 0. The van der Waals surface area contributed by atoms with Crippen molar-refractivity contribution in [1.29, 1.82) is 0 Å². The van der Waals surface area contributed by atoms with Gasteiger partial charge in [0.05, 0.1) is 5.56 Å². The van der Waals surface area contributed by atoms with Crippen LogP contribution in [0.5, 0.6) is 5.75 Å². The average molecular weight is 426 g/mol. The van der Waals surface area contributed by atoms with Crippen molar-refractivity contribution in [3.63, 3.8) is 0 Å². The number of hydrogen-bond acceptors (Lipinski definition) is 2. The van der Waals surface area contributed by atoms with Gasteiger partial charge in [0, 0.05) is 17.0 Å². The lowest BCUT2D eigenvalue weighted by Crippen LogP contribution is -2.08. The number of hydrogen-bond donors (Lipinski definition) is 0. The monoisotopic (exact) mass is 426 g/mol. The molecule has 0 unspecified atom stereocenters. The summed E-state index contributed by atoms with van der Waals surface area (Å²) in [6, 6.07) is 14.5. The van der Waals surface area contributed by atoms with Crippen LogP contribution in [0.15, 0.2) is 60.7 Å². The summed E-state index contributed by atoms with van der Waals surface area (Å²) in [5.41, 5.74) is 1.42. The maximum Gasteiger partial charge on any atom is 0.343 e. The molecule has 0 atom stereocenters. The molecule has 2 nitrogen and oxygen atoms in total. The maximum atomic E-state index is 14.4. The van der Waals surface area contributed by atoms with E-state index < -0.39 is 17.9 Å². The second-order valence-corrected chi connectivity index (χ2v) is 7.54. The predicted octanol–water partition coefficient (Wildman–Crippen LogP) is 7.95. The van der Waals surface area contributed by atoms with Crippen LogP contribution in [0.2, 0.25) is 0 Å². The molecule has 3 aromatic rings. The zero-order chi connectivity index (χ0) is 22.2. The molecule has 0 aromatic heterocycles. The van der Waals surface area contributed by atoms with Crippen LogP contribution in [-0.2, 0) is 6.42 Å². The molecule has 0 fully saturated rings. The second-order valence-electron chi connectivity index (χ2n) is 7.54. The van der Waals surface area contributed by atoms with Crippen LogP contribution in [0.1, 0.15) is 60.5 Å². The summed E-state index contributed by atoms with van der Waals surface area (Å²) in [4.78, 5) is 12.4. The molecule has 0 aliphatic rings. The van der Waals surface area contributed by atoms with E-state index in [-0.39, 0.29) is 16.7 Å². The van der Waals surface area contributed by atoms with Crippen molar-refractivity contribution >= 4 is 22.8 Å². The van der Waals surface area contributed by atoms with Gasteiger partial charge in [0.1, 0.15) is 11.6 Å². The standard InChI is InChI=1S/C26H25F3O2/c1-2-3-4-5-6-7-18-8-10-19(11-9-18)26(30)31-22-14-15-23-20(16-22)12-13-21(25(23)29)17-24(27)28/h8-17H,2-7H2,1H3. The van der Waals surface area contributed by atoms with Gasteiger partial charge in [0.15, 0.2) is 0 Å². The van der Waals surface area contributed by atoms with E-state index in [4.69, 9.17) is 4.74 Å². The van der Waals surface area contributed by atoms with Gasteiger partial charge in [-0.3, -0.25) is 0 Å². The van der Waals surface area contributed by atoms with Crippen molar-refractivity contribution in [3.8, 4) is 5.75 Å². The highest BCUT2D eigenvalue weighted by Gasteiger charge is 2.12. The minimum Gasteiger partial charge on any atom is -0.423 e. The smallest absolute Gasteiger partial charge is 0.343 e. The van der Waals surface area contributed by atoms with Gasteiger partial charge in [0.2, 0.25) is 0 Å². The molecular weight excluding hydrogens is 401 g/mol. The van der Waals surface area contributed by atoms with Crippen molar-refractivity contribution in [2.24, 2.45) is 0 Å². The Morgan fingerprint density at radius 1 is 0.935 bits per heavy atom. The van der Waals surface area contributed by atoms with Crippen molar-refractivity contribution in [3.05, 3.63) is 83.2 Å². The summed E-state index contributed by atoms with van der Waals surface area (Å²) in [5.74, 6) is -0.987. The normalized spacial score (nSPS) is 10.8. The summed E-state index contributed by atoms with van der Waals surface area (Å²) < 4.78 is 44.7. The van der Waals surface area contributed by atoms with Gasteiger partial charge in [-0.15, -0.1) is 0 Å². The molecule has 0 aliphatic carbocycles. The molecule has 0 amide bonds. The lowest BCUT2D eigenvalue weighted by atomic mass is 10.0. The molecular formula is C26H25F3O2. The van der Waals surface area contributed by atoms with Gasteiger partial charge in [-0.05, 0) is 54.1 Å². The van der Waals surface area contributed by atoms with Crippen LogP contribution in [-0.4, -0.2) is 5.97 Å². The summed E-state index contributed by atoms with van der Waals surface area (Å²) in [7, 11) is 0. The zero-order valence-electron chi connectivity index (χ0n) is 17.5. The Morgan fingerprint density at radius 2 is 1.68 bits per heavy atom. The predicted molar refractivity (Wildman–Crippen MR) is 118 cm³/mol. The SMILES string of the molecule is CCCCCCCc1ccc(C(=O)Oc2ccc3c(F)c(C=C(F)F)ccc3c2)cc1. The Bertz CT molecular complexity index is 1070. The van der Waals surface area contributed by atoms with Gasteiger partial charge in [-0.25, -0.2) is 9.18 Å². The highest BCUT2D eigenvalue weighted by Crippen LogP contribution is 2.27. The van der Waals surface area contributed by atoms with E-state index in [9.17, 15) is 18.0 Å². The number of esters is 1. The Kier molecular flexibility index (Phi) is 7.88. The maximum absolute atomic E-state index is 14.4. The number of ether oxygens (including phenoxy) is 1. The Labute approximate surface area is 180 Å².